The number of hydrogen-bond donors (Lipinski definition) is 0. The molecule has 35 heavy (non-hydrogen) atoms. The average molecular weight is 488 g/mol. The normalized spacial score (nSPS) is 10.5. The van der Waals surface area contributed by atoms with Gasteiger partial charge < -0.3 is 9.80 Å². The molecule has 0 heterocycles. The van der Waals surface area contributed by atoms with Crippen LogP contribution < -0.4 is 0 Å². The van der Waals surface area contributed by atoms with Crippen molar-refractivity contribution in [3.05, 3.63) is 49.2 Å². The van der Waals surface area contributed by atoms with Crippen molar-refractivity contribution in [2.45, 2.75) is 104 Å². The molecule has 0 aliphatic carbocycles. The van der Waals surface area contributed by atoms with Crippen LogP contribution in [0.25, 0.3) is 0 Å². The number of nitrogens with zero attached hydrogens (tertiary/aromatic N) is 3. The van der Waals surface area contributed by atoms with Crippen LogP contribution in [0.15, 0.2) is 49.2 Å². The summed E-state index contributed by atoms with van der Waals surface area (Å²) in [5, 5.41) is 0. The van der Waals surface area contributed by atoms with Crippen molar-refractivity contribution < 1.29 is 9.59 Å². The van der Waals surface area contributed by atoms with Crippen molar-refractivity contribution in [1.82, 2.24) is 14.7 Å². The molecule has 0 unspecified atom stereocenters. The molecule has 0 N–H and O–H groups in total. The molecule has 0 saturated heterocycles. The Morgan fingerprint density at radius 2 is 1.17 bits per heavy atom. The van der Waals surface area contributed by atoms with Gasteiger partial charge in [0.1, 0.15) is 0 Å². The first-order valence-electron chi connectivity index (χ1n) is 13.5. The molecule has 0 radical (unpaired) electrons. The van der Waals surface area contributed by atoms with E-state index in [2.05, 4.69) is 33.2 Å². The lowest BCUT2D eigenvalue weighted by Crippen LogP contribution is -2.50. The second-order valence-electron chi connectivity index (χ2n) is 9.96. The fraction of sp³-hybridized carbons (Fsp3) is 0.667. The predicted octanol–water partition coefficient (Wildman–Crippen LogP) is 8.71. The van der Waals surface area contributed by atoms with Crippen LogP contribution in [0.3, 0.4) is 0 Å². The van der Waals surface area contributed by atoms with E-state index < -0.39 is 0 Å². The summed E-state index contributed by atoms with van der Waals surface area (Å²) in [5.74, 6) is 0. The van der Waals surface area contributed by atoms with Crippen LogP contribution >= 0.6 is 0 Å². The predicted molar refractivity (Wildman–Crippen MR) is 151 cm³/mol. The monoisotopic (exact) mass is 487 g/mol. The number of hydrogen-bond acceptors (Lipinski definition) is 2. The number of carbonyl (C=O) groups is 2. The molecule has 200 valence electrons. The number of imide groups is 1. The number of amides is 4. The standard InChI is InChI=1S/C30H53N3O2/c1-9-28(7)22-16-13-19-25-33(29(34)31(8)23-17-11-14-20-26(3)4)30(35)32(10-2)24-18-12-15-21-27(5)6/h10H,2-3,5,7,9,11-25H2,1,4,6,8H3. The summed E-state index contributed by atoms with van der Waals surface area (Å²) in [6.45, 7) is 23.7. The lowest BCUT2D eigenvalue weighted by molar-refractivity contribution is 0.146. The molecule has 5 heteroatoms. The van der Waals surface area contributed by atoms with Gasteiger partial charge in [-0.05, 0) is 78.1 Å². The third-order valence-electron chi connectivity index (χ3n) is 6.27. The molecule has 0 fully saturated rings. The van der Waals surface area contributed by atoms with E-state index in [-0.39, 0.29) is 12.1 Å². The van der Waals surface area contributed by atoms with E-state index in [0.717, 1.165) is 83.5 Å². The summed E-state index contributed by atoms with van der Waals surface area (Å²) in [7, 11) is 1.79. The molecule has 0 aliphatic rings. The van der Waals surface area contributed by atoms with E-state index in [0.29, 0.717) is 19.6 Å². The third-order valence-corrected chi connectivity index (χ3v) is 6.27. The highest BCUT2D eigenvalue weighted by Crippen LogP contribution is 2.14. The van der Waals surface area contributed by atoms with Crippen LogP contribution in [-0.4, -0.2) is 53.4 Å². The van der Waals surface area contributed by atoms with Gasteiger partial charge in [-0.3, -0.25) is 0 Å². The Morgan fingerprint density at radius 3 is 1.66 bits per heavy atom. The first kappa shape index (κ1) is 32.7. The summed E-state index contributed by atoms with van der Waals surface area (Å²) >= 11 is 0. The van der Waals surface area contributed by atoms with Gasteiger partial charge in [0.25, 0.3) is 0 Å². The topological polar surface area (TPSA) is 43.9 Å². The molecule has 0 aromatic carbocycles. The highest BCUT2D eigenvalue weighted by molar-refractivity contribution is 5.93. The molecular weight excluding hydrogens is 434 g/mol. The molecule has 0 rings (SSSR count). The molecule has 0 bridgehead atoms. The fourth-order valence-electron chi connectivity index (χ4n) is 3.83. The molecule has 4 amide bonds. The van der Waals surface area contributed by atoms with Crippen molar-refractivity contribution in [1.29, 1.82) is 0 Å². The molecular formula is C30H53N3O2. The number of allylic oxidation sites excluding steroid dienone is 3. The smallest absolute Gasteiger partial charge is 0.327 e. The zero-order valence-corrected chi connectivity index (χ0v) is 23.4. The lowest BCUT2D eigenvalue weighted by Gasteiger charge is -2.30. The van der Waals surface area contributed by atoms with Gasteiger partial charge in [0, 0.05) is 32.9 Å². The van der Waals surface area contributed by atoms with Crippen molar-refractivity contribution in [2.75, 3.05) is 26.7 Å². The lowest BCUT2D eigenvalue weighted by atomic mass is 10.1. The Hall–Kier alpha value is -2.30. The molecule has 0 saturated carbocycles. The maximum Gasteiger partial charge on any atom is 0.332 e. The van der Waals surface area contributed by atoms with E-state index in [1.807, 2.05) is 13.8 Å². The minimum atomic E-state index is -0.267. The van der Waals surface area contributed by atoms with Crippen LogP contribution in [0.4, 0.5) is 9.59 Å². The van der Waals surface area contributed by atoms with E-state index in [1.54, 1.807) is 23.0 Å². The van der Waals surface area contributed by atoms with Gasteiger partial charge in [0.2, 0.25) is 0 Å². The van der Waals surface area contributed by atoms with Gasteiger partial charge in [-0.2, -0.15) is 0 Å². The summed E-state index contributed by atoms with van der Waals surface area (Å²) in [5.41, 5.74) is 3.63. The van der Waals surface area contributed by atoms with Crippen LogP contribution in [0, 0.1) is 0 Å². The molecule has 0 aliphatic heterocycles. The zero-order valence-electron chi connectivity index (χ0n) is 23.4. The molecule has 5 nitrogen and oxygen atoms in total. The van der Waals surface area contributed by atoms with Crippen LogP contribution in [0.5, 0.6) is 0 Å². The Labute approximate surface area is 216 Å². The maximum atomic E-state index is 13.4. The Bertz CT molecular complexity index is 683. The van der Waals surface area contributed by atoms with E-state index in [1.165, 1.54) is 21.6 Å². The Balaban J connectivity index is 4.99. The SMILES string of the molecule is C=CN(CCCCCC(=C)C)C(=O)N(CCCCCC(=C)CC)C(=O)N(C)CCCCCC(=C)C. The molecule has 0 aromatic rings. The van der Waals surface area contributed by atoms with Crippen molar-refractivity contribution in [3.63, 3.8) is 0 Å². The van der Waals surface area contributed by atoms with Gasteiger partial charge in [-0.25, -0.2) is 14.5 Å². The van der Waals surface area contributed by atoms with Gasteiger partial charge in [0.15, 0.2) is 0 Å². The van der Waals surface area contributed by atoms with Gasteiger partial charge in [0.05, 0.1) is 0 Å². The first-order valence-corrected chi connectivity index (χ1v) is 13.5. The summed E-state index contributed by atoms with van der Waals surface area (Å²) < 4.78 is 0. The van der Waals surface area contributed by atoms with Crippen molar-refractivity contribution >= 4 is 12.1 Å². The van der Waals surface area contributed by atoms with Gasteiger partial charge in [-0.1, -0.05) is 56.1 Å². The highest BCUT2D eigenvalue weighted by atomic mass is 16.2. The number of carbonyl (C=O) groups excluding carboxylic acids is 2. The van der Waals surface area contributed by atoms with Gasteiger partial charge in [-0.15, -0.1) is 13.2 Å². The molecule has 0 aromatic heterocycles. The average Bonchev–Trinajstić information content (AvgIpc) is 2.81. The van der Waals surface area contributed by atoms with E-state index in [4.69, 9.17) is 0 Å². The number of unbranched alkanes of at least 4 members (excludes halogenated alkanes) is 6. The maximum absolute atomic E-state index is 13.4. The third kappa shape index (κ3) is 16.1. The largest absolute Gasteiger partial charge is 0.332 e. The van der Waals surface area contributed by atoms with Crippen LogP contribution in [0.2, 0.25) is 0 Å². The van der Waals surface area contributed by atoms with Crippen molar-refractivity contribution in [3.8, 4) is 0 Å². The van der Waals surface area contributed by atoms with Gasteiger partial charge >= 0.3 is 12.1 Å². The number of rotatable bonds is 20. The summed E-state index contributed by atoms with van der Waals surface area (Å²) in [6.07, 6.45) is 14.4. The number of urea groups is 2. The van der Waals surface area contributed by atoms with Crippen LogP contribution in [-0.2, 0) is 0 Å². The highest BCUT2D eigenvalue weighted by Gasteiger charge is 2.27. The van der Waals surface area contributed by atoms with Crippen molar-refractivity contribution in [2.24, 2.45) is 0 Å². The first-order chi connectivity index (χ1) is 16.6. The second kappa shape index (κ2) is 19.9. The molecule has 0 spiro atoms. The Kier molecular flexibility index (Phi) is 18.6. The van der Waals surface area contributed by atoms with E-state index in [9.17, 15) is 9.59 Å². The zero-order chi connectivity index (χ0) is 26.6. The minimum absolute atomic E-state index is 0.220. The second-order valence-corrected chi connectivity index (χ2v) is 9.96. The minimum Gasteiger partial charge on any atom is -0.327 e. The summed E-state index contributed by atoms with van der Waals surface area (Å²) in [4.78, 5) is 31.3. The van der Waals surface area contributed by atoms with E-state index >= 15 is 0 Å². The Morgan fingerprint density at radius 1 is 0.686 bits per heavy atom. The molecule has 0 atom stereocenters. The quantitative estimate of drug-likeness (QED) is 0.127. The summed E-state index contributed by atoms with van der Waals surface area (Å²) in [6, 6.07) is -0.487. The van der Waals surface area contributed by atoms with Crippen LogP contribution in [0.1, 0.15) is 104 Å². The fourth-order valence-corrected chi connectivity index (χ4v) is 3.83.